The molecule has 1 spiro atoms. The lowest BCUT2D eigenvalue weighted by molar-refractivity contribution is -0.0399. The van der Waals surface area contributed by atoms with E-state index in [-0.39, 0.29) is 16.6 Å². The van der Waals surface area contributed by atoms with Crippen LogP contribution in [0.2, 0.25) is 0 Å². The Bertz CT molecular complexity index is 2360. The van der Waals surface area contributed by atoms with Crippen molar-refractivity contribution in [2.75, 3.05) is 4.90 Å². The number of anilines is 3. The predicted octanol–water partition coefficient (Wildman–Crippen LogP) is 13.0. The first kappa shape index (κ1) is 29.7. The van der Waals surface area contributed by atoms with Gasteiger partial charge < -0.3 is 4.90 Å². The number of hydrogen-bond acceptors (Lipinski definition) is 1. The molecule has 12 rings (SSSR count). The zero-order valence-corrected chi connectivity index (χ0v) is 29.4. The largest absolute Gasteiger partial charge is 0.310 e. The van der Waals surface area contributed by atoms with E-state index in [2.05, 4.69) is 134 Å². The Hall–Kier alpha value is -4.95. The fourth-order valence-electron chi connectivity index (χ4n) is 12.1. The van der Waals surface area contributed by atoms with Crippen molar-refractivity contribution in [3.05, 3.63) is 162 Å². The first-order valence-corrected chi connectivity index (χ1v) is 19.0. The summed E-state index contributed by atoms with van der Waals surface area (Å²) in [6.45, 7) is 4.72. The minimum absolute atomic E-state index is 0.0125. The van der Waals surface area contributed by atoms with Gasteiger partial charge >= 0.3 is 0 Å². The molecule has 0 aliphatic heterocycles. The van der Waals surface area contributed by atoms with Gasteiger partial charge in [0.2, 0.25) is 0 Å². The zero-order chi connectivity index (χ0) is 34.1. The molecule has 0 amide bonds. The fraction of sp³-hybridized carbons (Fsp3) is 0.265. The summed E-state index contributed by atoms with van der Waals surface area (Å²) >= 11 is 0. The number of benzene rings is 6. The Morgan fingerprint density at radius 3 is 1.88 bits per heavy atom. The summed E-state index contributed by atoms with van der Waals surface area (Å²) in [6, 6.07) is 48.3. The third kappa shape index (κ3) is 4.02. The summed E-state index contributed by atoms with van der Waals surface area (Å²) in [4.78, 5) is 2.47. The monoisotopic (exact) mass is 663 g/mol. The minimum atomic E-state index is -0.192. The number of rotatable bonds is 4. The number of para-hydroxylation sites is 1. The molecule has 4 saturated carbocycles. The van der Waals surface area contributed by atoms with E-state index >= 15 is 4.39 Å². The van der Waals surface area contributed by atoms with Gasteiger partial charge in [0.25, 0.3) is 0 Å². The SMILES string of the molecule is CC1(C)c2ccccc2-c2ccc(N(c3ccccc3)c3cc(-c4cccc(F)c4)c4c(c3)C3(c5ccccc5-4)C4CC5CC(C4)CC3C5)cc21. The van der Waals surface area contributed by atoms with Crippen molar-refractivity contribution in [1.29, 1.82) is 0 Å². The molecule has 51 heavy (non-hydrogen) atoms. The van der Waals surface area contributed by atoms with Crippen LogP contribution in [0.3, 0.4) is 0 Å². The van der Waals surface area contributed by atoms with Crippen molar-refractivity contribution < 1.29 is 4.39 Å². The van der Waals surface area contributed by atoms with Crippen LogP contribution in [0, 0.1) is 29.5 Å². The van der Waals surface area contributed by atoms with E-state index in [4.69, 9.17) is 0 Å². The second-order valence-electron chi connectivity index (χ2n) is 16.7. The molecule has 0 saturated heterocycles. The van der Waals surface area contributed by atoms with Crippen LogP contribution in [0.25, 0.3) is 33.4 Å². The topological polar surface area (TPSA) is 3.24 Å². The molecule has 0 aromatic heterocycles. The molecule has 4 bridgehead atoms. The van der Waals surface area contributed by atoms with Crippen molar-refractivity contribution in [1.82, 2.24) is 0 Å². The van der Waals surface area contributed by atoms with Crippen LogP contribution in [0.4, 0.5) is 21.5 Å². The van der Waals surface area contributed by atoms with E-state index < -0.39 is 0 Å². The normalized spacial score (nSPS) is 25.4. The zero-order valence-electron chi connectivity index (χ0n) is 29.4. The van der Waals surface area contributed by atoms with Gasteiger partial charge in [-0.05, 0) is 160 Å². The highest BCUT2D eigenvalue weighted by atomic mass is 19.1. The van der Waals surface area contributed by atoms with E-state index in [0.29, 0.717) is 11.8 Å². The molecule has 0 atom stereocenters. The molecule has 2 heteroatoms. The molecule has 6 aromatic carbocycles. The van der Waals surface area contributed by atoms with Crippen LogP contribution in [-0.2, 0) is 10.8 Å². The van der Waals surface area contributed by atoms with E-state index in [9.17, 15) is 0 Å². The molecule has 6 aromatic rings. The van der Waals surface area contributed by atoms with Crippen LogP contribution in [-0.4, -0.2) is 0 Å². The maximum atomic E-state index is 15.2. The van der Waals surface area contributed by atoms with Crippen molar-refractivity contribution in [2.45, 2.75) is 56.8 Å². The molecule has 6 aliphatic rings. The van der Waals surface area contributed by atoms with Crippen LogP contribution >= 0.6 is 0 Å². The first-order chi connectivity index (χ1) is 24.9. The third-order valence-electron chi connectivity index (χ3n) is 13.9. The van der Waals surface area contributed by atoms with E-state index in [1.165, 1.54) is 76.6 Å². The van der Waals surface area contributed by atoms with Crippen molar-refractivity contribution >= 4 is 17.1 Å². The second kappa shape index (κ2) is 10.5. The van der Waals surface area contributed by atoms with E-state index in [0.717, 1.165) is 40.0 Å². The lowest BCUT2D eigenvalue weighted by Crippen LogP contribution is -2.55. The molecule has 6 aliphatic carbocycles. The molecule has 4 fully saturated rings. The molecule has 0 N–H and O–H groups in total. The summed E-state index contributed by atoms with van der Waals surface area (Å²) in [5.74, 6) is 2.80. The van der Waals surface area contributed by atoms with Crippen LogP contribution < -0.4 is 4.90 Å². The highest BCUT2D eigenvalue weighted by Crippen LogP contribution is 2.70. The average Bonchev–Trinajstić information content (AvgIpc) is 3.56. The van der Waals surface area contributed by atoms with Gasteiger partial charge in [-0.2, -0.15) is 0 Å². The van der Waals surface area contributed by atoms with Crippen LogP contribution in [0.15, 0.2) is 133 Å². The smallest absolute Gasteiger partial charge is 0.123 e. The van der Waals surface area contributed by atoms with E-state index in [1.54, 1.807) is 12.1 Å². The molecule has 250 valence electrons. The summed E-state index contributed by atoms with van der Waals surface area (Å²) in [7, 11) is 0. The molecule has 1 nitrogen and oxygen atoms in total. The molecule has 0 heterocycles. The molecular weight excluding hydrogens is 622 g/mol. The van der Waals surface area contributed by atoms with Gasteiger partial charge in [-0.1, -0.05) is 98.8 Å². The van der Waals surface area contributed by atoms with Gasteiger partial charge in [0, 0.05) is 27.9 Å². The highest BCUT2D eigenvalue weighted by Gasteiger charge is 2.62. The molecule has 0 radical (unpaired) electrons. The van der Waals surface area contributed by atoms with Gasteiger partial charge in [0.15, 0.2) is 0 Å². The summed E-state index contributed by atoms with van der Waals surface area (Å²) < 4.78 is 15.2. The maximum absolute atomic E-state index is 15.2. The van der Waals surface area contributed by atoms with Crippen LogP contribution in [0.5, 0.6) is 0 Å². The van der Waals surface area contributed by atoms with Crippen molar-refractivity contribution in [3.63, 3.8) is 0 Å². The Morgan fingerprint density at radius 1 is 0.490 bits per heavy atom. The third-order valence-corrected chi connectivity index (χ3v) is 13.9. The maximum Gasteiger partial charge on any atom is 0.123 e. The number of fused-ring (bicyclic) bond motifs is 6. The minimum Gasteiger partial charge on any atom is -0.310 e. The van der Waals surface area contributed by atoms with Gasteiger partial charge in [-0.3, -0.25) is 0 Å². The standard InChI is InChI=1S/C49H42FN/c1-48(2)43-17-8-6-15-39(43)40-20-19-37(28-45(40)48)51(36-13-4-3-5-14-36)38-27-42(32-11-10-12-35(50)26-32)47-41-16-7-9-18-44(41)49(46(47)29-38)33-22-30-21-31(24-33)25-34(49)23-30/h3-20,26-31,33-34H,21-25H2,1-2H3. The number of hydrogen-bond donors (Lipinski definition) is 0. The highest BCUT2D eigenvalue weighted by molar-refractivity contribution is 5.97. The summed E-state index contributed by atoms with van der Waals surface area (Å²) in [5.41, 5.74) is 16.5. The quantitative estimate of drug-likeness (QED) is 0.181. The predicted molar refractivity (Wildman–Crippen MR) is 207 cm³/mol. The van der Waals surface area contributed by atoms with Gasteiger partial charge in [-0.25, -0.2) is 4.39 Å². The fourth-order valence-corrected chi connectivity index (χ4v) is 12.1. The second-order valence-corrected chi connectivity index (χ2v) is 16.7. The Balaban J connectivity index is 1.19. The number of nitrogens with zero attached hydrogens (tertiary/aromatic N) is 1. The average molecular weight is 664 g/mol. The molecule has 0 unspecified atom stereocenters. The van der Waals surface area contributed by atoms with Gasteiger partial charge in [-0.15, -0.1) is 0 Å². The van der Waals surface area contributed by atoms with Crippen molar-refractivity contribution in [3.8, 4) is 33.4 Å². The first-order valence-electron chi connectivity index (χ1n) is 19.0. The Labute approximate surface area is 300 Å². The summed E-state index contributed by atoms with van der Waals surface area (Å²) in [5, 5.41) is 0. The van der Waals surface area contributed by atoms with E-state index in [1.807, 2.05) is 6.07 Å². The lowest BCUT2D eigenvalue weighted by Gasteiger charge is -2.61. The van der Waals surface area contributed by atoms with Gasteiger partial charge in [0.05, 0.1) is 0 Å². The molecular formula is C49H42FN. The van der Waals surface area contributed by atoms with Crippen LogP contribution in [0.1, 0.15) is 68.2 Å². The van der Waals surface area contributed by atoms with Crippen molar-refractivity contribution in [2.24, 2.45) is 23.7 Å². The number of halogens is 1. The Kier molecular flexibility index (Phi) is 6.15. The Morgan fingerprint density at radius 2 is 1.14 bits per heavy atom. The van der Waals surface area contributed by atoms with Gasteiger partial charge in [0.1, 0.15) is 5.82 Å². The summed E-state index contributed by atoms with van der Waals surface area (Å²) in [6.07, 6.45) is 6.71. The lowest BCUT2D eigenvalue weighted by atomic mass is 9.43.